The molecule has 2 aromatic carbocycles. The second kappa shape index (κ2) is 15.5. The molecule has 0 bridgehead atoms. The predicted octanol–water partition coefficient (Wildman–Crippen LogP) is 6.00. The highest BCUT2D eigenvalue weighted by Gasteiger charge is 2.26. The molecule has 1 aliphatic heterocycles. The number of nitrogens with zero attached hydrogens (tertiary/aromatic N) is 1. The number of likely N-dealkylation sites (tertiary alicyclic amines) is 1. The summed E-state index contributed by atoms with van der Waals surface area (Å²) in [6, 6.07) is 18.2. The fraction of sp³-hybridized carbons (Fsp3) is 0.562. The molecule has 1 N–H and O–H groups in total. The molecule has 1 saturated heterocycles. The van der Waals surface area contributed by atoms with Gasteiger partial charge in [-0.1, -0.05) is 48.9 Å². The Morgan fingerprint density at radius 3 is 2.31 bits per heavy atom. The minimum atomic E-state index is -0.445. The number of piperidine rings is 1. The lowest BCUT2D eigenvalue weighted by Gasteiger charge is -2.33. The summed E-state index contributed by atoms with van der Waals surface area (Å²) in [7, 11) is 1.44. The van der Waals surface area contributed by atoms with Gasteiger partial charge in [0.25, 0.3) is 0 Å². The zero-order valence-electron chi connectivity index (χ0n) is 24.1. The average molecular weight is 539 g/mol. The van der Waals surface area contributed by atoms with Crippen LogP contribution in [0.1, 0.15) is 64.0 Å². The largest absolute Gasteiger partial charge is 0.494 e. The number of hydrogen-bond donors (Lipinski definition) is 1. The van der Waals surface area contributed by atoms with Gasteiger partial charge in [-0.25, -0.2) is 4.79 Å². The highest BCUT2D eigenvalue weighted by molar-refractivity contribution is 5.73. The zero-order valence-corrected chi connectivity index (χ0v) is 24.1. The van der Waals surface area contributed by atoms with Crippen LogP contribution in [0.25, 0.3) is 0 Å². The van der Waals surface area contributed by atoms with Gasteiger partial charge in [-0.2, -0.15) is 0 Å². The topological polar surface area (TPSA) is 77.1 Å². The van der Waals surface area contributed by atoms with Crippen LogP contribution in [0.15, 0.2) is 54.6 Å². The number of unbranched alkanes of at least 4 members (excludes halogenated alkanes) is 1. The van der Waals surface area contributed by atoms with Crippen LogP contribution < -0.4 is 10.1 Å². The first-order valence-electron chi connectivity index (χ1n) is 14.3. The summed E-state index contributed by atoms with van der Waals surface area (Å²) in [6.45, 7) is 9.23. The van der Waals surface area contributed by atoms with Crippen molar-refractivity contribution in [2.24, 2.45) is 11.8 Å². The van der Waals surface area contributed by atoms with Crippen molar-refractivity contribution in [3.05, 3.63) is 65.7 Å². The number of amides is 1. The number of carbonyl (C=O) groups excluding carboxylic acids is 2. The van der Waals surface area contributed by atoms with Gasteiger partial charge in [-0.05, 0) is 82.1 Å². The molecule has 0 spiro atoms. The molecule has 1 atom stereocenters. The van der Waals surface area contributed by atoms with E-state index >= 15 is 0 Å². The summed E-state index contributed by atoms with van der Waals surface area (Å²) < 4.78 is 16.5. The van der Waals surface area contributed by atoms with E-state index in [1.807, 2.05) is 68.1 Å². The van der Waals surface area contributed by atoms with Gasteiger partial charge in [0.15, 0.2) is 0 Å². The number of carbonyl (C=O) groups is 2. The van der Waals surface area contributed by atoms with Crippen LogP contribution in [0.3, 0.4) is 0 Å². The summed E-state index contributed by atoms with van der Waals surface area (Å²) in [4.78, 5) is 26.4. The maximum absolute atomic E-state index is 12.3. The summed E-state index contributed by atoms with van der Waals surface area (Å²) >= 11 is 0. The Morgan fingerprint density at radius 2 is 1.67 bits per heavy atom. The number of benzene rings is 2. The van der Waals surface area contributed by atoms with Crippen LogP contribution in [-0.4, -0.2) is 55.9 Å². The highest BCUT2D eigenvalue weighted by Crippen LogP contribution is 2.24. The van der Waals surface area contributed by atoms with Crippen LogP contribution in [0.5, 0.6) is 5.75 Å². The molecule has 0 aliphatic carbocycles. The first-order chi connectivity index (χ1) is 18.7. The molecule has 214 valence electrons. The van der Waals surface area contributed by atoms with Crippen molar-refractivity contribution >= 4 is 12.1 Å². The molecule has 3 rings (SSSR count). The molecule has 1 fully saturated rings. The Kier molecular flexibility index (Phi) is 12.1. The average Bonchev–Trinajstić information content (AvgIpc) is 2.92. The Bertz CT molecular complexity index is 995. The van der Waals surface area contributed by atoms with Crippen molar-refractivity contribution in [3.63, 3.8) is 0 Å². The minimum absolute atomic E-state index is 0.194. The Hall–Kier alpha value is -3.06. The maximum Gasteiger partial charge on any atom is 0.410 e. The normalized spacial score (nSPS) is 15.0. The smallest absolute Gasteiger partial charge is 0.410 e. The van der Waals surface area contributed by atoms with Gasteiger partial charge in [0.2, 0.25) is 0 Å². The van der Waals surface area contributed by atoms with Gasteiger partial charge in [0.1, 0.15) is 11.4 Å². The molecule has 0 saturated carbocycles. The highest BCUT2D eigenvalue weighted by atomic mass is 16.6. The monoisotopic (exact) mass is 538 g/mol. The fourth-order valence-electron chi connectivity index (χ4n) is 4.85. The lowest BCUT2D eigenvalue weighted by Crippen LogP contribution is -2.41. The first kappa shape index (κ1) is 30.5. The van der Waals surface area contributed by atoms with E-state index in [4.69, 9.17) is 14.2 Å². The van der Waals surface area contributed by atoms with Crippen LogP contribution >= 0.6 is 0 Å². The van der Waals surface area contributed by atoms with E-state index in [1.54, 1.807) is 0 Å². The van der Waals surface area contributed by atoms with Crippen LogP contribution in [-0.2, 0) is 27.2 Å². The Labute approximate surface area is 234 Å². The SMILES string of the molecule is COC(=O)C(CNCc1ccccc1)Cc1ccc(OCCCCC2CCN(C(=O)OC(C)(C)C)CC2)cc1. The van der Waals surface area contributed by atoms with Gasteiger partial charge in [0.05, 0.1) is 19.6 Å². The van der Waals surface area contributed by atoms with Crippen molar-refractivity contribution < 1.29 is 23.8 Å². The van der Waals surface area contributed by atoms with Crippen LogP contribution in [0.4, 0.5) is 4.79 Å². The fourth-order valence-corrected chi connectivity index (χ4v) is 4.85. The van der Waals surface area contributed by atoms with Crippen molar-refractivity contribution in [1.82, 2.24) is 10.2 Å². The van der Waals surface area contributed by atoms with Crippen LogP contribution in [0, 0.1) is 11.8 Å². The van der Waals surface area contributed by atoms with Crippen molar-refractivity contribution in [1.29, 1.82) is 0 Å². The predicted molar refractivity (Wildman–Crippen MR) is 154 cm³/mol. The molecule has 7 heteroatoms. The summed E-state index contributed by atoms with van der Waals surface area (Å²) in [6.07, 6.45) is 5.78. The van der Waals surface area contributed by atoms with Crippen molar-refractivity contribution in [2.45, 2.75) is 71.4 Å². The van der Waals surface area contributed by atoms with E-state index in [0.29, 0.717) is 32.0 Å². The van der Waals surface area contributed by atoms with E-state index in [2.05, 4.69) is 17.4 Å². The third-order valence-electron chi connectivity index (χ3n) is 7.04. The summed E-state index contributed by atoms with van der Waals surface area (Å²) in [5.41, 5.74) is 1.82. The molecule has 1 amide bonds. The Morgan fingerprint density at radius 1 is 0.974 bits per heavy atom. The minimum Gasteiger partial charge on any atom is -0.494 e. The molecule has 0 aromatic heterocycles. The number of ether oxygens (including phenoxy) is 3. The standard InChI is InChI=1S/C32H46N2O5/c1-32(2,3)39-31(36)34-19-17-25(18-20-34)10-8-9-21-38-29-15-13-26(14-16-29)22-28(30(35)37-4)24-33-23-27-11-6-5-7-12-27/h5-7,11-16,25,28,33H,8-10,17-24H2,1-4H3. The van der Waals surface area contributed by atoms with E-state index in [0.717, 1.165) is 56.5 Å². The van der Waals surface area contributed by atoms with Gasteiger partial charge in [-0.3, -0.25) is 4.79 Å². The molecule has 2 aromatic rings. The summed E-state index contributed by atoms with van der Waals surface area (Å²) in [5.74, 6) is 1.06. The number of methoxy groups -OCH3 is 1. The van der Waals surface area contributed by atoms with E-state index in [1.165, 1.54) is 12.7 Å². The number of esters is 1. The number of hydrogen-bond acceptors (Lipinski definition) is 6. The van der Waals surface area contributed by atoms with E-state index in [-0.39, 0.29) is 18.0 Å². The molecular weight excluding hydrogens is 492 g/mol. The molecule has 39 heavy (non-hydrogen) atoms. The van der Waals surface area contributed by atoms with Gasteiger partial charge in [-0.15, -0.1) is 0 Å². The quantitative estimate of drug-likeness (QED) is 0.249. The third-order valence-corrected chi connectivity index (χ3v) is 7.04. The Balaban J connectivity index is 1.31. The number of nitrogens with one attached hydrogen (secondary N) is 1. The molecule has 1 aliphatic rings. The summed E-state index contributed by atoms with van der Waals surface area (Å²) in [5, 5.41) is 3.38. The third kappa shape index (κ3) is 11.3. The zero-order chi connectivity index (χ0) is 28.1. The van der Waals surface area contributed by atoms with Crippen molar-refractivity contribution in [3.8, 4) is 5.75 Å². The molecule has 1 heterocycles. The first-order valence-corrected chi connectivity index (χ1v) is 14.3. The van der Waals surface area contributed by atoms with E-state index in [9.17, 15) is 9.59 Å². The van der Waals surface area contributed by atoms with Gasteiger partial charge in [0, 0.05) is 26.2 Å². The lowest BCUT2D eigenvalue weighted by atomic mass is 9.92. The second-order valence-corrected chi connectivity index (χ2v) is 11.4. The van der Waals surface area contributed by atoms with E-state index < -0.39 is 5.60 Å². The molecule has 0 radical (unpaired) electrons. The maximum atomic E-state index is 12.3. The number of rotatable bonds is 13. The molecular formula is C32H46N2O5. The van der Waals surface area contributed by atoms with Gasteiger partial charge < -0.3 is 24.4 Å². The van der Waals surface area contributed by atoms with Gasteiger partial charge >= 0.3 is 12.1 Å². The van der Waals surface area contributed by atoms with Crippen molar-refractivity contribution in [2.75, 3.05) is 33.4 Å². The second-order valence-electron chi connectivity index (χ2n) is 11.4. The lowest BCUT2D eigenvalue weighted by molar-refractivity contribution is -0.145. The molecule has 1 unspecified atom stereocenters. The molecule has 7 nitrogen and oxygen atoms in total. The van der Waals surface area contributed by atoms with Crippen LogP contribution in [0.2, 0.25) is 0 Å².